The summed E-state index contributed by atoms with van der Waals surface area (Å²) in [7, 11) is 0. The Morgan fingerprint density at radius 2 is 1.96 bits per heavy atom. The molecule has 26 heavy (non-hydrogen) atoms. The molecular formula is C19H20ClNO5. The van der Waals surface area contributed by atoms with E-state index in [4.69, 9.17) is 26.2 Å². The number of rotatable bonds is 8. The fraction of sp³-hybridized carbons (Fsp3) is 0.263. The highest BCUT2D eigenvalue weighted by atomic mass is 35.5. The highest BCUT2D eigenvalue weighted by Gasteiger charge is 2.15. The van der Waals surface area contributed by atoms with Crippen LogP contribution >= 0.6 is 11.6 Å². The van der Waals surface area contributed by atoms with Crippen molar-refractivity contribution in [2.45, 2.75) is 26.5 Å². The normalized spacial score (nSPS) is 11.5. The lowest BCUT2D eigenvalue weighted by Crippen LogP contribution is -2.35. The van der Waals surface area contributed by atoms with Crippen molar-refractivity contribution in [1.29, 1.82) is 0 Å². The fourth-order valence-electron chi connectivity index (χ4n) is 2.17. The minimum Gasteiger partial charge on any atom is -0.482 e. The van der Waals surface area contributed by atoms with Crippen molar-refractivity contribution in [3.8, 4) is 11.5 Å². The Labute approximate surface area is 156 Å². The van der Waals surface area contributed by atoms with Crippen molar-refractivity contribution in [2.75, 3.05) is 6.61 Å². The molecule has 0 aromatic heterocycles. The third-order valence-corrected chi connectivity index (χ3v) is 3.96. The largest absolute Gasteiger partial charge is 0.482 e. The van der Waals surface area contributed by atoms with E-state index in [1.165, 1.54) is 0 Å². The Morgan fingerprint density at radius 3 is 2.65 bits per heavy atom. The van der Waals surface area contributed by atoms with E-state index in [1.54, 1.807) is 43.3 Å². The zero-order chi connectivity index (χ0) is 19.1. The molecule has 0 heterocycles. The molecule has 0 aliphatic heterocycles. The Balaban J connectivity index is 1.88. The molecule has 1 atom stereocenters. The van der Waals surface area contributed by atoms with Gasteiger partial charge in [0.15, 0.2) is 12.7 Å². The van der Waals surface area contributed by atoms with E-state index >= 15 is 0 Å². The first-order chi connectivity index (χ1) is 12.3. The molecule has 1 amide bonds. The number of carboxylic acids is 1. The Morgan fingerprint density at radius 1 is 1.19 bits per heavy atom. The van der Waals surface area contributed by atoms with E-state index in [1.807, 2.05) is 13.0 Å². The van der Waals surface area contributed by atoms with Crippen LogP contribution in [0, 0.1) is 6.92 Å². The van der Waals surface area contributed by atoms with Crippen LogP contribution in [0.2, 0.25) is 5.02 Å². The first kappa shape index (κ1) is 19.6. The molecular weight excluding hydrogens is 358 g/mol. The summed E-state index contributed by atoms with van der Waals surface area (Å²) in [4.78, 5) is 22.7. The third-order valence-electron chi connectivity index (χ3n) is 3.54. The zero-order valence-corrected chi connectivity index (χ0v) is 15.2. The van der Waals surface area contributed by atoms with Crippen LogP contribution in [0.15, 0.2) is 42.5 Å². The second-order valence-electron chi connectivity index (χ2n) is 5.72. The first-order valence-corrected chi connectivity index (χ1v) is 8.37. The van der Waals surface area contributed by atoms with E-state index in [0.29, 0.717) is 16.5 Å². The van der Waals surface area contributed by atoms with Gasteiger partial charge in [-0.05, 0) is 55.3 Å². The number of carbonyl (C=O) groups is 2. The number of nitrogens with one attached hydrogen (secondary N) is 1. The molecule has 0 radical (unpaired) electrons. The van der Waals surface area contributed by atoms with Crippen molar-refractivity contribution in [2.24, 2.45) is 0 Å². The molecule has 0 aliphatic carbocycles. The molecule has 0 fully saturated rings. The van der Waals surface area contributed by atoms with Gasteiger partial charge >= 0.3 is 5.97 Å². The molecule has 0 aliphatic rings. The third kappa shape index (κ3) is 5.97. The van der Waals surface area contributed by atoms with Gasteiger partial charge in [0.05, 0.1) is 0 Å². The van der Waals surface area contributed by atoms with Gasteiger partial charge in [0.1, 0.15) is 11.5 Å². The lowest BCUT2D eigenvalue weighted by molar-refractivity contribution is -0.139. The maximum absolute atomic E-state index is 12.2. The quantitative estimate of drug-likeness (QED) is 0.738. The summed E-state index contributed by atoms with van der Waals surface area (Å²) < 4.78 is 10.7. The number of benzene rings is 2. The van der Waals surface area contributed by atoms with Gasteiger partial charge in [-0.3, -0.25) is 4.79 Å². The molecule has 2 N–H and O–H groups in total. The summed E-state index contributed by atoms with van der Waals surface area (Å²) in [6, 6.07) is 12.1. The van der Waals surface area contributed by atoms with Gasteiger partial charge in [0.25, 0.3) is 5.91 Å². The minimum atomic E-state index is -1.05. The summed E-state index contributed by atoms with van der Waals surface area (Å²) in [6.45, 7) is 3.38. The van der Waals surface area contributed by atoms with Crippen LogP contribution in [0.25, 0.3) is 0 Å². The molecule has 0 spiro atoms. The number of amides is 1. The van der Waals surface area contributed by atoms with Gasteiger partial charge < -0.3 is 19.9 Å². The number of carbonyl (C=O) groups excluding carboxylic acids is 1. The Hall–Kier alpha value is -2.73. The van der Waals surface area contributed by atoms with Crippen LogP contribution in [0.1, 0.15) is 18.1 Å². The molecule has 2 aromatic carbocycles. The van der Waals surface area contributed by atoms with Gasteiger partial charge in [0.2, 0.25) is 0 Å². The molecule has 0 bridgehead atoms. The van der Waals surface area contributed by atoms with Gasteiger partial charge in [-0.2, -0.15) is 0 Å². The van der Waals surface area contributed by atoms with Crippen molar-refractivity contribution in [3.05, 3.63) is 58.6 Å². The van der Waals surface area contributed by atoms with Gasteiger partial charge in [-0.15, -0.1) is 0 Å². The van der Waals surface area contributed by atoms with Crippen LogP contribution in [0.4, 0.5) is 0 Å². The number of ether oxygens (including phenoxy) is 2. The second kappa shape index (κ2) is 9.10. The van der Waals surface area contributed by atoms with E-state index in [0.717, 1.165) is 11.1 Å². The minimum absolute atomic E-state index is 0.269. The molecule has 138 valence electrons. The number of aliphatic carboxylic acids is 1. The van der Waals surface area contributed by atoms with E-state index in [2.05, 4.69) is 5.32 Å². The predicted molar refractivity (Wildman–Crippen MR) is 97.7 cm³/mol. The summed E-state index contributed by atoms with van der Waals surface area (Å²) in [5.74, 6) is -0.319. The topological polar surface area (TPSA) is 84.9 Å². The molecule has 1 unspecified atom stereocenters. The van der Waals surface area contributed by atoms with Gasteiger partial charge in [-0.1, -0.05) is 23.7 Å². The summed E-state index contributed by atoms with van der Waals surface area (Å²) in [5.41, 5.74) is 1.66. The van der Waals surface area contributed by atoms with Crippen LogP contribution in [-0.2, 0) is 16.1 Å². The predicted octanol–water partition coefficient (Wildman–Crippen LogP) is 3.20. The molecule has 0 saturated carbocycles. The number of halogens is 1. The summed E-state index contributed by atoms with van der Waals surface area (Å²) in [6.07, 6.45) is -0.679. The maximum Gasteiger partial charge on any atom is 0.341 e. The number of hydrogen-bond acceptors (Lipinski definition) is 4. The van der Waals surface area contributed by atoms with E-state index in [-0.39, 0.29) is 12.5 Å². The first-order valence-electron chi connectivity index (χ1n) is 7.99. The zero-order valence-electron chi connectivity index (χ0n) is 14.5. The average molecular weight is 378 g/mol. The van der Waals surface area contributed by atoms with E-state index in [9.17, 15) is 9.59 Å². The van der Waals surface area contributed by atoms with E-state index < -0.39 is 18.7 Å². The van der Waals surface area contributed by atoms with Crippen molar-refractivity contribution >= 4 is 23.5 Å². The molecule has 7 heteroatoms. The lowest BCUT2D eigenvalue weighted by atomic mass is 10.2. The standard InChI is InChI=1S/C19H20ClNO5/c1-12-8-16(6-7-17(12)20)26-13(2)19(24)21-10-14-4-3-5-15(9-14)25-11-18(22)23/h3-9,13H,10-11H2,1-2H3,(H,21,24)(H,22,23). The van der Waals surface area contributed by atoms with Gasteiger partial charge in [0, 0.05) is 11.6 Å². The van der Waals surface area contributed by atoms with Crippen molar-refractivity contribution in [3.63, 3.8) is 0 Å². The monoisotopic (exact) mass is 377 g/mol. The second-order valence-corrected chi connectivity index (χ2v) is 6.13. The highest BCUT2D eigenvalue weighted by Crippen LogP contribution is 2.22. The fourth-order valence-corrected chi connectivity index (χ4v) is 2.29. The molecule has 2 aromatic rings. The smallest absolute Gasteiger partial charge is 0.341 e. The number of aryl methyl sites for hydroxylation is 1. The van der Waals surface area contributed by atoms with Crippen LogP contribution in [0.3, 0.4) is 0 Å². The Bertz CT molecular complexity index is 793. The molecule has 2 rings (SSSR count). The SMILES string of the molecule is Cc1cc(OC(C)C(=O)NCc2cccc(OCC(=O)O)c2)ccc1Cl. The summed E-state index contributed by atoms with van der Waals surface area (Å²) in [5, 5.41) is 12.0. The van der Waals surface area contributed by atoms with Gasteiger partial charge in [-0.25, -0.2) is 4.79 Å². The highest BCUT2D eigenvalue weighted by molar-refractivity contribution is 6.31. The van der Waals surface area contributed by atoms with Crippen LogP contribution in [0.5, 0.6) is 11.5 Å². The molecule has 6 nitrogen and oxygen atoms in total. The lowest BCUT2D eigenvalue weighted by Gasteiger charge is -2.15. The average Bonchev–Trinajstić information content (AvgIpc) is 2.61. The van der Waals surface area contributed by atoms with Crippen LogP contribution in [-0.4, -0.2) is 29.7 Å². The summed E-state index contributed by atoms with van der Waals surface area (Å²) >= 11 is 5.97. The number of carboxylic acid groups (broad SMARTS) is 1. The maximum atomic E-state index is 12.2. The Kier molecular flexibility index (Phi) is 6.86. The van der Waals surface area contributed by atoms with Crippen LogP contribution < -0.4 is 14.8 Å². The number of hydrogen-bond donors (Lipinski definition) is 2. The van der Waals surface area contributed by atoms with Crippen molar-refractivity contribution in [1.82, 2.24) is 5.32 Å². The van der Waals surface area contributed by atoms with Crippen molar-refractivity contribution < 1.29 is 24.2 Å². The molecule has 0 saturated heterocycles.